The van der Waals surface area contributed by atoms with E-state index in [1.807, 2.05) is 0 Å². The van der Waals surface area contributed by atoms with Crippen LogP contribution < -0.4 is 10.9 Å². The highest BCUT2D eigenvalue weighted by atomic mass is 19.1. The Balaban J connectivity index is 1.99. The lowest BCUT2D eigenvalue weighted by molar-refractivity contribution is -0.121. The summed E-state index contributed by atoms with van der Waals surface area (Å²) in [6, 6.07) is 7.63. The van der Waals surface area contributed by atoms with Crippen molar-refractivity contribution in [3.63, 3.8) is 0 Å². The van der Waals surface area contributed by atoms with E-state index in [9.17, 15) is 14.0 Å². The summed E-state index contributed by atoms with van der Waals surface area (Å²) in [5, 5.41) is 2.74. The van der Waals surface area contributed by atoms with E-state index >= 15 is 0 Å². The number of benzene rings is 1. The van der Waals surface area contributed by atoms with Gasteiger partial charge >= 0.3 is 0 Å². The zero-order valence-electron chi connectivity index (χ0n) is 13.3. The molecule has 7 heteroatoms. The molecular weight excluding hydrogens is 313 g/mol. The first-order valence-electron chi connectivity index (χ1n) is 7.66. The number of carbonyl (C=O) groups excluding carboxylic acids is 1. The molecule has 0 aliphatic heterocycles. The molecule has 0 aliphatic rings. The molecule has 1 N–H and O–H groups in total. The van der Waals surface area contributed by atoms with Gasteiger partial charge in [-0.2, -0.15) is 0 Å². The Morgan fingerprint density at radius 3 is 2.88 bits per heavy atom. The molecule has 24 heavy (non-hydrogen) atoms. The number of halogens is 1. The van der Waals surface area contributed by atoms with Gasteiger partial charge in [0.05, 0.1) is 11.0 Å². The van der Waals surface area contributed by atoms with Crippen molar-refractivity contribution in [2.45, 2.75) is 13.0 Å². The molecule has 6 nitrogen and oxygen atoms in total. The summed E-state index contributed by atoms with van der Waals surface area (Å²) in [4.78, 5) is 24.8. The molecule has 0 saturated heterocycles. The highest BCUT2D eigenvalue weighted by molar-refractivity contribution is 5.82. The topological polar surface area (TPSA) is 64.7 Å². The maximum absolute atomic E-state index is 13.7. The van der Waals surface area contributed by atoms with Gasteiger partial charge in [-0.05, 0) is 36.8 Å². The van der Waals surface area contributed by atoms with Crippen LogP contribution in [-0.4, -0.2) is 35.1 Å². The van der Waals surface area contributed by atoms with Crippen molar-refractivity contribution in [3.05, 3.63) is 52.7 Å². The fourth-order valence-electron chi connectivity index (χ4n) is 2.73. The fourth-order valence-corrected chi connectivity index (χ4v) is 2.73. The smallest absolute Gasteiger partial charge is 0.275 e. The van der Waals surface area contributed by atoms with Crippen molar-refractivity contribution in [1.82, 2.24) is 14.3 Å². The predicted molar refractivity (Wildman–Crippen MR) is 88.6 cm³/mol. The predicted octanol–water partition coefficient (Wildman–Crippen LogP) is 1.55. The lowest BCUT2D eigenvalue weighted by Crippen LogP contribution is -2.34. The Kier molecular flexibility index (Phi) is 4.61. The number of fused-ring (bicyclic) bond motifs is 3. The standard InChI is InChI=1S/C17H18FN3O3/c1-24-9-3-7-19-16(22)11-21-15-10-12(18)5-6-13(15)20-8-2-4-14(20)17(21)23/h2,4-6,8,10H,3,7,9,11H2,1H3,(H,19,22). The molecule has 3 rings (SSSR count). The van der Waals surface area contributed by atoms with Gasteiger partial charge in [0.15, 0.2) is 0 Å². The summed E-state index contributed by atoms with van der Waals surface area (Å²) in [5.41, 5.74) is 1.17. The summed E-state index contributed by atoms with van der Waals surface area (Å²) in [5.74, 6) is -0.752. The van der Waals surface area contributed by atoms with Gasteiger partial charge in [0.1, 0.15) is 17.9 Å². The number of amides is 1. The molecule has 0 bridgehead atoms. The molecule has 3 aromatic rings. The molecule has 1 amide bonds. The van der Waals surface area contributed by atoms with Crippen LogP contribution in [0.5, 0.6) is 0 Å². The van der Waals surface area contributed by atoms with Crippen molar-refractivity contribution in [1.29, 1.82) is 0 Å². The number of nitrogens with one attached hydrogen (secondary N) is 1. The Morgan fingerprint density at radius 2 is 2.08 bits per heavy atom. The molecule has 0 unspecified atom stereocenters. The Morgan fingerprint density at radius 1 is 1.25 bits per heavy atom. The van der Waals surface area contributed by atoms with E-state index < -0.39 is 5.82 Å². The van der Waals surface area contributed by atoms with Crippen LogP contribution in [0.1, 0.15) is 6.42 Å². The van der Waals surface area contributed by atoms with E-state index in [-0.39, 0.29) is 18.0 Å². The lowest BCUT2D eigenvalue weighted by Gasteiger charge is -2.13. The maximum atomic E-state index is 13.7. The van der Waals surface area contributed by atoms with Gasteiger partial charge in [-0.1, -0.05) is 0 Å². The molecule has 0 spiro atoms. The maximum Gasteiger partial charge on any atom is 0.275 e. The molecule has 126 valence electrons. The van der Waals surface area contributed by atoms with E-state index in [0.29, 0.717) is 36.1 Å². The highest BCUT2D eigenvalue weighted by Crippen LogP contribution is 2.16. The van der Waals surface area contributed by atoms with E-state index in [2.05, 4.69) is 5.32 Å². The van der Waals surface area contributed by atoms with Crippen LogP contribution in [0.15, 0.2) is 41.3 Å². The first-order valence-corrected chi connectivity index (χ1v) is 7.66. The van der Waals surface area contributed by atoms with E-state index in [1.54, 1.807) is 35.9 Å². The van der Waals surface area contributed by atoms with Gasteiger partial charge in [-0.15, -0.1) is 0 Å². The van der Waals surface area contributed by atoms with Gasteiger partial charge in [-0.25, -0.2) is 4.39 Å². The summed E-state index contributed by atoms with van der Waals surface area (Å²) in [7, 11) is 1.59. The Bertz CT molecular complexity index is 945. The van der Waals surface area contributed by atoms with Gasteiger partial charge in [0, 0.05) is 26.5 Å². The van der Waals surface area contributed by atoms with Crippen LogP contribution in [-0.2, 0) is 16.1 Å². The van der Waals surface area contributed by atoms with Gasteiger partial charge in [-0.3, -0.25) is 14.2 Å². The Labute approximate surface area is 137 Å². The summed E-state index contributed by atoms with van der Waals surface area (Å²) >= 11 is 0. The Hall–Kier alpha value is -2.67. The SMILES string of the molecule is COCCCNC(=O)Cn1c(=O)c2cccn2c2ccc(F)cc21. The second-order valence-electron chi connectivity index (χ2n) is 5.48. The van der Waals surface area contributed by atoms with E-state index in [0.717, 1.165) is 0 Å². The zero-order valence-corrected chi connectivity index (χ0v) is 13.3. The number of nitrogens with zero attached hydrogens (tertiary/aromatic N) is 2. The number of hydrogen-bond acceptors (Lipinski definition) is 3. The third kappa shape index (κ3) is 3.03. The fraction of sp³-hybridized carbons (Fsp3) is 0.294. The monoisotopic (exact) mass is 331 g/mol. The average Bonchev–Trinajstić information content (AvgIpc) is 3.05. The third-order valence-electron chi connectivity index (χ3n) is 3.85. The van der Waals surface area contributed by atoms with Crippen molar-refractivity contribution < 1.29 is 13.9 Å². The number of aromatic nitrogens is 2. The largest absolute Gasteiger partial charge is 0.385 e. The molecule has 0 fully saturated rings. The molecular formula is C17H18FN3O3. The number of rotatable bonds is 6. The average molecular weight is 331 g/mol. The quantitative estimate of drug-likeness (QED) is 0.697. The first-order chi connectivity index (χ1) is 11.6. The lowest BCUT2D eigenvalue weighted by atomic mass is 10.2. The number of ether oxygens (including phenoxy) is 1. The first kappa shape index (κ1) is 16.2. The van der Waals surface area contributed by atoms with E-state index in [4.69, 9.17) is 4.74 Å². The van der Waals surface area contributed by atoms with Crippen LogP contribution in [0.25, 0.3) is 16.6 Å². The highest BCUT2D eigenvalue weighted by Gasteiger charge is 2.13. The van der Waals surface area contributed by atoms with Crippen LogP contribution in [0, 0.1) is 5.82 Å². The minimum Gasteiger partial charge on any atom is -0.385 e. The second kappa shape index (κ2) is 6.84. The van der Waals surface area contributed by atoms with Gasteiger partial charge in [0.2, 0.25) is 5.91 Å². The van der Waals surface area contributed by atoms with Gasteiger partial charge in [0.25, 0.3) is 5.56 Å². The van der Waals surface area contributed by atoms with Crippen LogP contribution >= 0.6 is 0 Å². The van der Waals surface area contributed by atoms with E-state index in [1.165, 1.54) is 16.7 Å². The minimum absolute atomic E-state index is 0.159. The van der Waals surface area contributed by atoms with Crippen LogP contribution in [0.2, 0.25) is 0 Å². The zero-order chi connectivity index (χ0) is 17.1. The normalized spacial score (nSPS) is 11.2. The molecule has 0 atom stereocenters. The third-order valence-corrected chi connectivity index (χ3v) is 3.85. The molecule has 2 aromatic heterocycles. The minimum atomic E-state index is -0.456. The summed E-state index contributed by atoms with van der Waals surface area (Å²) in [6.45, 7) is 0.846. The molecule has 1 aromatic carbocycles. The van der Waals surface area contributed by atoms with Crippen molar-refractivity contribution >= 4 is 22.5 Å². The van der Waals surface area contributed by atoms with Gasteiger partial charge < -0.3 is 14.5 Å². The van der Waals surface area contributed by atoms with Crippen LogP contribution in [0.3, 0.4) is 0 Å². The number of hydrogen-bond donors (Lipinski definition) is 1. The summed E-state index contributed by atoms with van der Waals surface area (Å²) < 4.78 is 21.6. The molecule has 2 heterocycles. The number of carbonyl (C=O) groups is 1. The molecule has 0 saturated carbocycles. The number of methoxy groups -OCH3 is 1. The molecule has 0 radical (unpaired) electrons. The second-order valence-corrected chi connectivity index (χ2v) is 5.48. The van der Waals surface area contributed by atoms with Crippen molar-refractivity contribution in [2.24, 2.45) is 0 Å². The summed E-state index contributed by atoms with van der Waals surface area (Å²) in [6.07, 6.45) is 2.43. The van der Waals surface area contributed by atoms with Crippen molar-refractivity contribution in [3.8, 4) is 0 Å². The van der Waals surface area contributed by atoms with Crippen LogP contribution in [0.4, 0.5) is 4.39 Å². The molecule has 0 aliphatic carbocycles. The van der Waals surface area contributed by atoms with Crippen molar-refractivity contribution in [2.75, 3.05) is 20.3 Å².